The van der Waals surface area contributed by atoms with Crippen molar-refractivity contribution in [3.8, 4) is 5.75 Å². The number of aromatic nitrogens is 1. The standard InChI is InChI=1S/C15H16F2N2O3/c1-3-6-18-15(20)14-11(9(2)22-19-14)8-21-13-5-4-10(16)7-12(13)17/h4-5,7H,3,6,8H2,1-2H3,(H,18,20). The van der Waals surface area contributed by atoms with E-state index in [1.165, 1.54) is 6.07 Å². The Morgan fingerprint density at radius 3 is 2.86 bits per heavy atom. The summed E-state index contributed by atoms with van der Waals surface area (Å²) in [5.74, 6) is -1.58. The van der Waals surface area contributed by atoms with Crippen LogP contribution in [0.4, 0.5) is 8.78 Å². The van der Waals surface area contributed by atoms with Crippen LogP contribution >= 0.6 is 0 Å². The van der Waals surface area contributed by atoms with Gasteiger partial charge in [0.15, 0.2) is 17.3 Å². The summed E-state index contributed by atoms with van der Waals surface area (Å²) in [6, 6.07) is 3.00. The second-order valence-electron chi connectivity index (χ2n) is 4.69. The second-order valence-corrected chi connectivity index (χ2v) is 4.69. The van der Waals surface area contributed by atoms with Crippen molar-refractivity contribution in [2.75, 3.05) is 6.54 Å². The first-order valence-corrected chi connectivity index (χ1v) is 6.84. The lowest BCUT2D eigenvalue weighted by Crippen LogP contribution is -2.25. The Bertz CT molecular complexity index is 671. The Labute approximate surface area is 126 Å². The van der Waals surface area contributed by atoms with E-state index in [4.69, 9.17) is 9.26 Å². The molecule has 0 fully saturated rings. The van der Waals surface area contributed by atoms with Gasteiger partial charge in [-0.05, 0) is 25.5 Å². The fourth-order valence-corrected chi connectivity index (χ4v) is 1.80. The van der Waals surface area contributed by atoms with Crippen LogP contribution in [-0.4, -0.2) is 17.6 Å². The largest absolute Gasteiger partial charge is 0.486 e. The molecule has 118 valence electrons. The van der Waals surface area contributed by atoms with E-state index in [9.17, 15) is 13.6 Å². The Kier molecular flexibility index (Phi) is 5.08. The molecule has 0 unspecified atom stereocenters. The van der Waals surface area contributed by atoms with Crippen molar-refractivity contribution >= 4 is 5.91 Å². The smallest absolute Gasteiger partial charge is 0.273 e. The average molecular weight is 310 g/mol. The number of halogens is 2. The minimum atomic E-state index is -0.814. The summed E-state index contributed by atoms with van der Waals surface area (Å²) in [6.07, 6.45) is 0.787. The molecule has 5 nitrogen and oxygen atoms in total. The highest BCUT2D eigenvalue weighted by atomic mass is 19.1. The van der Waals surface area contributed by atoms with Gasteiger partial charge in [0.25, 0.3) is 5.91 Å². The Balaban J connectivity index is 2.12. The molecule has 2 aromatic rings. The molecule has 7 heteroatoms. The minimum Gasteiger partial charge on any atom is -0.486 e. The minimum absolute atomic E-state index is 0.104. The molecule has 1 aromatic carbocycles. The second kappa shape index (κ2) is 7.02. The van der Waals surface area contributed by atoms with Crippen molar-refractivity contribution in [3.63, 3.8) is 0 Å². The molecule has 1 aromatic heterocycles. The van der Waals surface area contributed by atoms with Crippen molar-refractivity contribution in [2.45, 2.75) is 26.9 Å². The highest BCUT2D eigenvalue weighted by Gasteiger charge is 2.20. The molecule has 1 N–H and O–H groups in total. The number of rotatable bonds is 6. The van der Waals surface area contributed by atoms with Crippen LogP contribution in [0.5, 0.6) is 5.75 Å². The van der Waals surface area contributed by atoms with Crippen LogP contribution in [0.3, 0.4) is 0 Å². The summed E-state index contributed by atoms with van der Waals surface area (Å²) < 4.78 is 36.6. The highest BCUT2D eigenvalue weighted by molar-refractivity contribution is 5.93. The van der Waals surface area contributed by atoms with Crippen molar-refractivity contribution in [2.24, 2.45) is 0 Å². The molecule has 0 atom stereocenters. The van der Waals surface area contributed by atoms with Crippen LogP contribution in [0.25, 0.3) is 0 Å². The maximum atomic E-state index is 13.5. The first-order chi connectivity index (χ1) is 10.5. The summed E-state index contributed by atoms with van der Waals surface area (Å²) in [5, 5.41) is 6.38. The lowest BCUT2D eigenvalue weighted by Gasteiger charge is -2.08. The lowest BCUT2D eigenvalue weighted by atomic mass is 10.2. The third kappa shape index (κ3) is 3.60. The summed E-state index contributed by atoms with van der Waals surface area (Å²) in [5.41, 5.74) is 0.533. The molecule has 0 saturated carbocycles. The average Bonchev–Trinajstić information content (AvgIpc) is 2.85. The summed E-state index contributed by atoms with van der Waals surface area (Å²) in [4.78, 5) is 11.9. The molecule has 0 radical (unpaired) electrons. The summed E-state index contributed by atoms with van der Waals surface area (Å²) in [7, 11) is 0. The van der Waals surface area contributed by atoms with E-state index in [-0.39, 0.29) is 24.0 Å². The maximum absolute atomic E-state index is 13.5. The van der Waals surface area contributed by atoms with Crippen LogP contribution in [0, 0.1) is 18.6 Å². The number of nitrogens with zero attached hydrogens (tertiary/aromatic N) is 1. The van der Waals surface area contributed by atoms with Gasteiger partial charge in [-0.1, -0.05) is 12.1 Å². The van der Waals surface area contributed by atoms with Crippen molar-refractivity contribution in [1.29, 1.82) is 0 Å². The van der Waals surface area contributed by atoms with Crippen molar-refractivity contribution in [1.82, 2.24) is 10.5 Å². The lowest BCUT2D eigenvalue weighted by molar-refractivity contribution is 0.0942. The number of carbonyl (C=O) groups excluding carboxylic acids is 1. The molecular formula is C15H16F2N2O3. The number of benzene rings is 1. The van der Waals surface area contributed by atoms with Gasteiger partial charge in [-0.15, -0.1) is 0 Å². The van der Waals surface area contributed by atoms with E-state index in [0.29, 0.717) is 17.9 Å². The predicted molar refractivity (Wildman–Crippen MR) is 74.6 cm³/mol. The van der Waals surface area contributed by atoms with Gasteiger partial charge in [0.05, 0.1) is 5.56 Å². The van der Waals surface area contributed by atoms with Crippen LogP contribution < -0.4 is 10.1 Å². The highest BCUT2D eigenvalue weighted by Crippen LogP contribution is 2.21. The van der Waals surface area contributed by atoms with Gasteiger partial charge in [-0.3, -0.25) is 4.79 Å². The first kappa shape index (κ1) is 15.9. The molecule has 2 rings (SSSR count). The number of ether oxygens (including phenoxy) is 1. The van der Waals surface area contributed by atoms with E-state index in [1.807, 2.05) is 6.92 Å². The van der Waals surface area contributed by atoms with Gasteiger partial charge in [-0.2, -0.15) is 0 Å². The zero-order valence-electron chi connectivity index (χ0n) is 12.3. The van der Waals surface area contributed by atoms with Gasteiger partial charge in [-0.25, -0.2) is 8.78 Å². The molecule has 0 aliphatic heterocycles. The van der Waals surface area contributed by atoms with Crippen LogP contribution in [-0.2, 0) is 6.61 Å². The van der Waals surface area contributed by atoms with Crippen LogP contribution in [0.1, 0.15) is 35.2 Å². The van der Waals surface area contributed by atoms with Gasteiger partial charge in [0.2, 0.25) is 0 Å². The number of nitrogens with one attached hydrogen (secondary N) is 1. The Hall–Kier alpha value is -2.44. The first-order valence-electron chi connectivity index (χ1n) is 6.84. The number of aryl methyl sites for hydroxylation is 1. The Morgan fingerprint density at radius 1 is 1.41 bits per heavy atom. The van der Waals surface area contributed by atoms with E-state index >= 15 is 0 Å². The maximum Gasteiger partial charge on any atom is 0.273 e. The molecule has 0 saturated heterocycles. The number of hydrogen-bond acceptors (Lipinski definition) is 4. The molecule has 0 bridgehead atoms. The van der Waals surface area contributed by atoms with Crippen LogP contribution in [0.15, 0.2) is 22.7 Å². The van der Waals surface area contributed by atoms with Gasteiger partial charge < -0.3 is 14.6 Å². The van der Waals surface area contributed by atoms with Gasteiger partial charge in [0.1, 0.15) is 18.2 Å². The monoisotopic (exact) mass is 310 g/mol. The number of amides is 1. The summed E-state index contributed by atoms with van der Waals surface area (Å²) in [6.45, 7) is 3.96. The zero-order chi connectivity index (χ0) is 16.1. The van der Waals surface area contributed by atoms with Gasteiger partial charge in [0, 0.05) is 12.6 Å². The Morgan fingerprint density at radius 2 is 2.18 bits per heavy atom. The normalized spacial score (nSPS) is 10.5. The van der Waals surface area contributed by atoms with Gasteiger partial charge >= 0.3 is 0 Å². The summed E-state index contributed by atoms with van der Waals surface area (Å²) >= 11 is 0. The number of hydrogen-bond donors (Lipinski definition) is 1. The topological polar surface area (TPSA) is 64.4 Å². The van der Waals surface area contributed by atoms with Crippen molar-refractivity contribution in [3.05, 3.63) is 46.9 Å². The third-order valence-corrected chi connectivity index (χ3v) is 3.00. The molecule has 1 amide bonds. The van der Waals surface area contributed by atoms with E-state index in [1.54, 1.807) is 6.92 Å². The molecule has 1 heterocycles. The zero-order valence-corrected chi connectivity index (χ0v) is 12.3. The third-order valence-electron chi connectivity index (χ3n) is 3.00. The quantitative estimate of drug-likeness (QED) is 0.891. The van der Waals surface area contributed by atoms with Crippen molar-refractivity contribution < 1.29 is 22.8 Å². The molecule has 0 aliphatic carbocycles. The molecule has 0 aliphatic rings. The van der Waals surface area contributed by atoms with E-state index in [2.05, 4.69) is 10.5 Å². The molecule has 0 spiro atoms. The molecule has 22 heavy (non-hydrogen) atoms. The number of carbonyl (C=O) groups is 1. The van der Waals surface area contributed by atoms with E-state index < -0.39 is 11.6 Å². The predicted octanol–water partition coefficient (Wildman–Crippen LogP) is 2.98. The van der Waals surface area contributed by atoms with E-state index in [0.717, 1.165) is 18.6 Å². The molecular weight excluding hydrogens is 294 g/mol. The van der Waals surface area contributed by atoms with Crippen LogP contribution in [0.2, 0.25) is 0 Å². The fraction of sp³-hybridized carbons (Fsp3) is 0.333. The fourth-order valence-electron chi connectivity index (χ4n) is 1.80. The SMILES string of the molecule is CCCNC(=O)c1noc(C)c1COc1ccc(F)cc1F.